The summed E-state index contributed by atoms with van der Waals surface area (Å²) in [5, 5.41) is 6.26. The number of hydrogen-bond donors (Lipinski definition) is 3. The Morgan fingerprint density at radius 3 is 2.32 bits per heavy atom. The Labute approximate surface area is 268 Å². The Bertz CT molecular complexity index is 2040. The van der Waals surface area contributed by atoms with Gasteiger partial charge in [0.05, 0.1) is 15.9 Å². The van der Waals surface area contributed by atoms with E-state index in [9.17, 15) is 26.4 Å². The summed E-state index contributed by atoms with van der Waals surface area (Å²) in [5.41, 5.74) is 4.86. The van der Waals surface area contributed by atoms with Gasteiger partial charge in [-0.3, -0.25) is 0 Å². The van der Waals surface area contributed by atoms with Gasteiger partial charge in [0.1, 0.15) is 5.82 Å². The van der Waals surface area contributed by atoms with E-state index in [1.165, 1.54) is 28.8 Å². The zero-order valence-electron chi connectivity index (χ0n) is 25.9. The summed E-state index contributed by atoms with van der Waals surface area (Å²) < 4.78 is 63.9. The van der Waals surface area contributed by atoms with Crippen molar-refractivity contribution in [1.29, 1.82) is 0 Å². The van der Waals surface area contributed by atoms with Crippen LogP contribution in [0.15, 0.2) is 83.9 Å². The minimum absolute atomic E-state index is 0.0509. The molecule has 0 aliphatic heterocycles. The second kappa shape index (κ2) is 12.5. The van der Waals surface area contributed by atoms with Crippen LogP contribution in [0.4, 0.5) is 47.9 Å². The van der Waals surface area contributed by atoms with Gasteiger partial charge < -0.3 is 24.9 Å². The highest BCUT2D eigenvalue weighted by molar-refractivity contribution is 7.89. The highest BCUT2D eigenvalue weighted by Crippen LogP contribution is 2.30. The first kappa shape index (κ1) is 33.2. The van der Waals surface area contributed by atoms with Crippen molar-refractivity contribution >= 4 is 61.8 Å². The van der Waals surface area contributed by atoms with Crippen LogP contribution in [0.1, 0.15) is 26.3 Å². The molecule has 0 atom stereocenters. The van der Waals surface area contributed by atoms with E-state index in [2.05, 4.69) is 58.3 Å². The summed E-state index contributed by atoms with van der Waals surface area (Å²) in [4.78, 5) is 30.6. The van der Waals surface area contributed by atoms with Gasteiger partial charge in [0, 0.05) is 37.4 Å². The summed E-state index contributed by atoms with van der Waals surface area (Å²) in [6, 6.07) is 20.8. The molecule has 2 aromatic heterocycles. The first-order valence-electron chi connectivity index (χ1n) is 14.1. The van der Waals surface area contributed by atoms with E-state index in [4.69, 9.17) is 4.98 Å². The van der Waals surface area contributed by atoms with E-state index in [-0.39, 0.29) is 17.1 Å². The molecule has 47 heavy (non-hydrogen) atoms. The maximum atomic E-state index is 12.4. The number of benzene rings is 3. The number of rotatable bonds is 9. The zero-order chi connectivity index (χ0) is 34.1. The molecule has 0 saturated heterocycles. The van der Waals surface area contributed by atoms with E-state index < -0.39 is 27.1 Å². The molecule has 0 saturated carbocycles. The minimum Gasteiger partial charge on any atom is -0.348 e. The van der Waals surface area contributed by atoms with Gasteiger partial charge in [-0.05, 0) is 70.5 Å². The normalized spacial score (nSPS) is 12.2. The number of aromatic nitrogens is 4. The Morgan fingerprint density at radius 1 is 0.915 bits per heavy atom. The van der Waals surface area contributed by atoms with Gasteiger partial charge in [-0.15, -0.1) is 0 Å². The van der Waals surface area contributed by atoms with Crippen LogP contribution in [0.25, 0.3) is 11.0 Å². The molecule has 0 aliphatic rings. The van der Waals surface area contributed by atoms with Crippen LogP contribution < -0.4 is 20.4 Å². The summed E-state index contributed by atoms with van der Waals surface area (Å²) >= 11 is 0. The van der Waals surface area contributed by atoms with Gasteiger partial charge in [-0.25, -0.2) is 23.2 Å². The summed E-state index contributed by atoms with van der Waals surface area (Å²) in [5.74, 6) is -1.41. The quantitative estimate of drug-likeness (QED) is 0.155. The topological polar surface area (TPSA) is 143 Å². The predicted molar refractivity (Wildman–Crippen MR) is 171 cm³/mol. The molecule has 0 spiro atoms. The molecule has 0 bridgehead atoms. The number of halogens is 3. The van der Waals surface area contributed by atoms with Crippen molar-refractivity contribution in [2.75, 3.05) is 22.6 Å². The van der Waals surface area contributed by atoms with Gasteiger partial charge in [-0.2, -0.15) is 18.2 Å². The van der Waals surface area contributed by atoms with Crippen LogP contribution in [-0.4, -0.2) is 47.1 Å². The number of carbonyl (C=O) groups excluding carboxylic acids is 1. The van der Waals surface area contributed by atoms with Crippen LogP contribution in [0, 0.1) is 0 Å². The molecule has 0 amide bonds. The number of imidazole rings is 1. The van der Waals surface area contributed by atoms with Crippen LogP contribution in [0.3, 0.4) is 0 Å². The fourth-order valence-electron chi connectivity index (χ4n) is 4.49. The van der Waals surface area contributed by atoms with Crippen LogP contribution in [0.2, 0.25) is 0 Å². The standard InChI is InChI=1S/C31H31F3N8O4S/c1-30(2,3)19-9-11-20(12-10-19)37-29-38-24-18-22(13-14-25(24)42(29)5)41(4)26-15-16-35-28(39-26)36-21-7-6-8-23(17-21)47(44,45)40-46-27(43)31(32,33)34/h6-18,40H,1-5H3,(H,37,38)(H,35,36,39). The summed E-state index contributed by atoms with van der Waals surface area (Å²) in [6.45, 7) is 6.50. The van der Waals surface area contributed by atoms with E-state index in [0.717, 1.165) is 34.5 Å². The fraction of sp³-hybridized carbons (Fsp3) is 0.226. The molecule has 12 nitrogen and oxygen atoms in total. The van der Waals surface area contributed by atoms with Crippen molar-refractivity contribution in [1.82, 2.24) is 24.4 Å². The van der Waals surface area contributed by atoms with Gasteiger partial charge in [0.25, 0.3) is 10.0 Å². The van der Waals surface area contributed by atoms with Gasteiger partial charge in [0.15, 0.2) is 0 Å². The molecule has 5 aromatic rings. The van der Waals surface area contributed by atoms with Crippen molar-refractivity contribution < 1.29 is 31.2 Å². The molecule has 0 radical (unpaired) electrons. The van der Waals surface area contributed by atoms with Crippen LogP contribution in [-0.2, 0) is 32.1 Å². The van der Waals surface area contributed by atoms with E-state index in [1.54, 1.807) is 6.07 Å². The Balaban J connectivity index is 1.31. The highest BCUT2D eigenvalue weighted by atomic mass is 32.2. The Hall–Kier alpha value is -5.22. The lowest BCUT2D eigenvalue weighted by Crippen LogP contribution is -2.34. The molecular weight excluding hydrogens is 637 g/mol. The molecule has 0 fully saturated rings. The molecule has 3 aromatic carbocycles. The third-order valence-electron chi connectivity index (χ3n) is 7.12. The summed E-state index contributed by atoms with van der Waals surface area (Å²) in [6.07, 6.45) is -3.86. The number of nitrogens with one attached hydrogen (secondary N) is 3. The molecule has 246 valence electrons. The first-order chi connectivity index (χ1) is 22.0. The third kappa shape index (κ3) is 7.61. The molecule has 5 rings (SSSR count). The van der Waals surface area contributed by atoms with Crippen LogP contribution >= 0.6 is 0 Å². The number of nitrogens with zero attached hydrogens (tertiary/aromatic N) is 5. The lowest BCUT2D eigenvalue weighted by molar-refractivity contribution is -0.203. The SMILES string of the molecule is CN(c1ccc2c(c1)nc(Nc1ccc(C(C)(C)C)cc1)n2C)c1ccnc(Nc2cccc(S(=O)(=O)NOC(=O)C(F)(F)F)c2)n1. The number of alkyl halides is 3. The third-order valence-corrected chi connectivity index (χ3v) is 8.30. The monoisotopic (exact) mass is 668 g/mol. The minimum atomic E-state index is -5.37. The largest absolute Gasteiger partial charge is 0.492 e. The maximum absolute atomic E-state index is 12.4. The molecule has 3 N–H and O–H groups in total. The molecule has 0 unspecified atom stereocenters. The van der Waals surface area contributed by atoms with Crippen molar-refractivity contribution in [3.05, 3.63) is 84.6 Å². The Morgan fingerprint density at radius 2 is 1.64 bits per heavy atom. The number of fused-ring (bicyclic) bond motifs is 1. The molecular formula is C31H31F3N8O4S. The number of anilines is 6. The average molecular weight is 669 g/mol. The average Bonchev–Trinajstić information content (AvgIpc) is 3.33. The van der Waals surface area contributed by atoms with Crippen molar-refractivity contribution in [2.24, 2.45) is 7.05 Å². The molecule has 0 aliphatic carbocycles. The van der Waals surface area contributed by atoms with E-state index in [0.29, 0.717) is 11.8 Å². The first-order valence-corrected chi connectivity index (χ1v) is 15.6. The molecule has 2 heterocycles. The van der Waals surface area contributed by atoms with Crippen molar-refractivity contribution in [3.8, 4) is 0 Å². The molecule has 16 heteroatoms. The second-order valence-corrected chi connectivity index (χ2v) is 13.2. The maximum Gasteiger partial charge on any atom is 0.492 e. The van der Waals surface area contributed by atoms with Gasteiger partial charge in [0.2, 0.25) is 11.9 Å². The van der Waals surface area contributed by atoms with E-state index >= 15 is 0 Å². The van der Waals surface area contributed by atoms with Gasteiger partial charge >= 0.3 is 12.1 Å². The fourth-order valence-corrected chi connectivity index (χ4v) is 5.31. The summed E-state index contributed by atoms with van der Waals surface area (Å²) in [7, 11) is -0.885. The number of aryl methyl sites for hydroxylation is 1. The van der Waals surface area contributed by atoms with Crippen LogP contribution in [0.5, 0.6) is 0 Å². The Kier molecular flexibility index (Phi) is 8.83. The van der Waals surface area contributed by atoms with Crippen molar-refractivity contribution in [3.63, 3.8) is 0 Å². The predicted octanol–water partition coefficient (Wildman–Crippen LogP) is 6.21. The lowest BCUT2D eigenvalue weighted by atomic mass is 9.87. The lowest BCUT2D eigenvalue weighted by Gasteiger charge is -2.19. The van der Waals surface area contributed by atoms with Gasteiger partial charge in [-0.1, -0.05) is 39.0 Å². The zero-order valence-corrected chi connectivity index (χ0v) is 26.7. The number of hydrogen-bond acceptors (Lipinski definition) is 10. The smallest absolute Gasteiger partial charge is 0.348 e. The highest BCUT2D eigenvalue weighted by Gasteiger charge is 2.42. The van der Waals surface area contributed by atoms with E-state index in [1.807, 2.05) is 53.9 Å². The second-order valence-electron chi connectivity index (χ2n) is 11.5. The number of carbonyl (C=O) groups is 1. The van der Waals surface area contributed by atoms with Crippen molar-refractivity contribution in [2.45, 2.75) is 37.3 Å². The number of sulfonamides is 1.